The predicted octanol–water partition coefficient (Wildman–Crippen LogP) is 1.52. The highest BCUT2D eigenvalue weighted by Crippen LogP contribution is 2.33. The maximum absolute atomic E-state index is 12.4. The molecule has 1 amide bonds. The number of thiazole rings is 1. The van der Waals surface area contributed by atoms with E-state index in [0.29, 0.717) is 18.0 Å². The van der Waals surface area contributed by atoms with Crippen molar-refractivity contribution < 1.29 is 14.7 Å². The van der Waals surface area contributed by atoms with E-state index in [-0.39, 0.29) is 5.91 Å². The predicted molar refractivity (Wildman–Crippen MR) is 77.8 cm³/mol. The van der Waals surface area contributed by atoms with Gasteiger partial charge < -0.3 is 15.2 Å². The summed E-state index contributed by atoms with van der Waals surface area (Å²) in [5.74, 6) is -2.46. The van der Waals surface area contributed by atoms with Gasteiger partial charge in [-0.3, -0.25) is 4.79 Å². The lowest BCUT2D eigenvalue weighted by atomic mass is 9.79. The number of nitrogens with one attached hydrogen (secondary N) is 1. The van der Waals surface area contributed by atoms with E-state index in [0.717, 1.165) is 37.8 Å². The summed E-state index contributed by atoms with van der Waals surface area (Å²) in [6, 6.07) is 0. The third-order valence-electron chi connectivity index (χ3n) is 4.48. The Labute approximate surface area is 127 Å². The Hall–Kier alpha value is -1.43. The van der Waals surface area contributed by atoms with Crippen molar-refractivity contribution in [1.82, 2.24) is 4.98 Å². The van der Waals surface area contributed by atoms with E-state index in [4.69, 9.17) is 0 Å². The Kier molecular flexibility index (Phi) is 4.24. The van der Waals surface area contributed by atoms with Crippen LogP contribution < -0.4 is 10.4 Å². The van der Waals surface area contributed by atoms with Crippen molar-refractivity contribution in [2.24, 2.45) is 11.8 Å². The highest BCUT2D eigenvalue weighted by atomic mass is 32.1. The van der Waals surface area contributed by atoms with Crippen LogP contribution in [0.1, 0.15) is 49.1 Å². The fourth-order valence-corrected chi connectivity index (χ4v) is 4.38. The second kappa shape index (κ2) is 6.13. The van der Waals surface area contributed by atoms with Gasteiger partial charge in [0, 0.05) is 22.7 Å². The number of amides is 1. The van der Waals surface area contributed by atoms with Crippen molar-refractivity contribution in [2.45, 2.75) is 51.4 Å². The first-order valence-corrected chi connectivity index (χ1v) is 8.47. The number of carboxylic acid groups (broad SMARTS) is 1. The highest BCUT2D eigenvalue weighted by molar-refractivity contribution is 7.15. The molecule has 1 N–H and O–H groups in total. The van der Waals surface area contributed by atoms with Crippen LogP contribution in [0.15, 0.2) is 0 Å². The number of rotatable bonds is 3. The molecular weight excluding hydrogens is 288 g/mol. The lowest BCUT2D eigenvalue weighted by Crippen LogP contribution is -2.42. The van der Waals surface area contributed by atoms with E-state index >= 15 is 0 Å². The van der Waals surface area contributed by atoms with Crippen LogP contribution in [0.2, 0.25) is 0 Å². The van der Waals surface area contributed by atoms with Gasteiger partial charge in [-0.25, -0.2) is 4.98 Å². The summed E-state index contributed by atoms with van der Waals surface area (Å²) in [6.45, 7) is 0. The number of hydrogen-bond donors (Lipinski definition) is 1. The third kappa shape index (κ3) is 3.10. The van der Waals surface area contributed by atoms with Gasteiger partial charge in [0.05, 0.1) is 5.69 Å². The van der Waals surface area contributed by atoms with Gasteiger partial charge in [0.2, 0.25) is 5.91 Å². The number of nitrogens with zero attached hydrogens (tertiary/aromatic N) is 1. The van der Waals surface area contributed by atoms with Crippen molar-refractivity contribution in [3.63, 3.8) is 0 Å². The van der Waals surface area contributed by atoms with E-state index in [1.165, 1.54) is 22.6 Å². The number of aryl methyl sites for hydroxylation is 2. The normalized spacial score (nSPS) is 25.1. The number of anilines is 1. The van der Waals surface area contributed by atoms with Crippen LogP contribution in [-0.4, -0.2) is 16.9 Å². The Morgan fingerprint density at radius 2 is 1.81 bits per heavy atom. The summed E-state index contributed by atoms with van der Waals surface area (Å²) in [5, 5.41) is 14.6. The highest BCUT2D eigenvalue weighted by Gasteiger charge is 2.32. The van der Waals surface area contributed by atoms with Crippen molar-refractivity contribution in [2.75, 3.05) is 5.32 Å². The monoisotopic (exact) mass is 307 g/mol. The largest absolute Gasteiger partial charge is 0.550 e. The lowest BCUT2D eigenvalue weighted by Gasteiger charge is -2.30. The van der Waals surface area contributed by atoms with Gasteiger partial charge in [0.1, 0.15) is 0 Å². The molecule has 21 heavy (non-hydrogen) atoms. The number of fused-ring (bicyclic) bond motifs is 1. The molecule has 3 rings (SSSR count). The summed E-state index contributed by atoms with van der Waals surface area (Å²) < 4.78 is 0. The van der Waals surface area contributed by atoms with Crippen LogP contribution in [-0.2, 0) is 22.4 Å². The van der Waals surface area contributed by atoms with Crippen LogP contribution in [0.3, 0.4) is 0 Å². The summed E-state index contributed by atoms with van der Waals surface area (Å²) in [6.07, 6.45) is 7.26. The van der Waals surface area contributed by atoms with E-state index in [1.54, 1.807) is 0 Å². The standard InChI is InChI=1S/C15H20N2O3S/c18-13(9-5-1-2-6-10(9)14(19)20)17-15-16-11-7-3-4-8-12(11)21-15/h9-10H,1-8H2,(H,19,20)(H,16,17,18)/p-1/t9-,10-/m0/s1. The molecule has 0 saturated heterocycles. The Bertz CT molecular complexity index is 532. The average Bonchev–Trinajstić information content (AvgIpc) is 2.89. The van der Waals surface area contributed by atoms with E-state index < -0.39 is 17.8 Å². The van der Waals surface area contributed by atoms with Gasteiger partial charge >= 0.3 is 0 Å². The number of carbonyl (C=O) groups excluding carboxylic acids is 2. The van der Waals surface area contributed by atoms with Gasteiger partial charge in [0.25, 0.3) is 0 Å². The second-order valence-corrected chi connectivity index (χ2v) is 6.99. The third-order valence-corrected chi connectivity index (χ3v) is 5.55. The molecule has 0 bridgehead atoms. The van der Waals surface area contributed by atoms with Crippen molar-refractivity contribution in [3.05, 3.63) is 10.6 Å². The zero-order valence-corrected chi connectivity index (χ0v) is 12.7. The molecular formula is C15H19N2O3S-. The van der Waals surface area contributed by atoms with E-state index in [2.05, 4.69) is 10.3 Å². The zero-order valence-electron chi connectivity index (χ0n) is 11.9. The van der Waals surface area contributed by atoms with Crippen LogP contribution >= 0.6 is 11.3 Å². The SMILES string of the molecule is O=C([O-])[C@H]1CCCC[C@@H]1C(=O)Nc1nc2c(s1)CCCC2. The summed E-state index contributed by atoms with van der Waals surface area (Å²) in [5.41, 5.74) is 1.10. The minimum absolute atomic E-state index is 0.213. The molecule has 1 aromatic heterocycles. The molecule has 1 fully saturated rings. The Balaban J connectivity index is 1.70. The number of hydrogen-bond acceptors (Lipinski definition) is 5. The van der Waals surface area contributed by atoms with Crippen LogP contribution in [0.5, 0.6) is 0 Å². The molecule has 2 atom stereocenters. The van der Waals surface area contributed by atoms with Crippen LogP contribution in [0.4, 0.5) is 5.13 Å². The number of carboxylic acids is 1. The minimum atomic E-state index is -1.10. The molecule has 5 nitrogen and oxygen atoms in total. The molecule has 1 heterocycles. The molecule has 0 radical (unpaired) electrons. The van der Waals surface area contributed by atoms with Gasteiger partial charge in [-0.15, -0.1) is 11.3 Å². The molecule has 1 aromatic rings. The maximum atomic E-state index is 12.4. The summed E-state index contributed by atoms with van der Waals surface area (Å²) in [4.78, 5) is 29.3. The average molecular weight is 307 g/mol. The van der Waals surface area contributed by atoms with Crippen LogP contribution in [0, 0.1) is 11.8 Å². The Morgan fingerprint density at radius 1 is 1.10 bits per heavy atom. The number of carbonyl (C=O) groups is 2. The molecule has 6 heteroatoms. The van der Waals surface area contributed by atoms with Crippen molar-refractivity contribution in [3.8, 4) is 0 Å². The summed E-state index contributed by atoms with van der Waals surface area (Å²) >= 11 is 1.53. The second-order valence-electron chi connectivity index (χ2n) is 5.90. The molecule has 0 unspecified atom stereocenters. The first kappa shape index (κ1) is 14.5. The number of aromatic nitrogens is 1. The van der Waals surface area contributed by atoms with E-state index in [9.17, 15) is 14.7 Å². The van der Waals surface area contributed by atoms with Gasteiger partial charge in [-0.05, 0) is 38.5 Å². The van der Waals surface area contributed by atoms with E-state index in [1.807, 2.05) is 0 Å². The molecule has 1 saturated carbocycles. The van der Waals surface area contributed by atoms with Gasteiger partial charge in [-0.2, -0.15) is 0 Å². The molecule has 0 aliphatic heterocycles. The molecule has 114 valence electrons. The first-order valence-electron chi connectivity index (χ1n) is 7.65. The fourth-order valence-electron chi connectivity index (χ4n) is 3.33. The lowest BCUT2D eigenvalue weighted by molar-refractivity contribution is -0.313. The molecule has 0 aromatic carbocycles. The van der Waals surface area contributed by atoms with Gasteiger partial charge in [0.15, 0.2) is 5.13 Å². The summed E-state index contributed by atoms with van der Waals surface area (Å²) in [7, 11) is 0. The maximum Gasteiger partial charge on any atom is 0.229 e. The fraction of sp³-hybridized carbons (Fsp3) is 0.667. The quantitative estimate of drug-likeness (QED) is 0.918. The molecule has 2 aliphatic rings. The van der Waals surface area contributed by atoms with Crippen molar-refractivity contribution >= 4 is 28.3 Å². The van der Waals surface area contributed by atoms with Gasteiger partial charge in [-0.1, -0.05) is 12.8 Å². The molecule has 0 spiro atoms. The Morgan fingerprint density at radius 3 is 2.52 bits per heavy atom. The first-order chi connectivity index (χ1) is 10.1. The molecule has 2 aliphatic carbocycles. The topological polar surface area (TPSA) is 82.1 Å². The number of aliphatic carboxylic acids is 1. The van der Waals surface area contributed by atoms with Crippen LogP contribution in [0.25, 0.3) is 0 Å². The smallest absolute Gasteiger partial charge is 0.229 e. The van der Waals surface area contributed by atoms with Crippen molar-refractivity contribution in [1.29, 1.82) is 0 Å². The minimum Gasteiger partial charge on any atom is -0.550 e. The zero-order chi connectivity index (χ0) is 14.8.